The van der Waals surface area contributed by atoms with Crippen molar-refractivity contribution in [3.8, 4) is 11.5 Å². The number of nitrogens with zero attached hydrogens (tertiary/aromatic N) is 1. The van der Waals surface area contributed by atoms with Crippen LogP contribution < -0.4 is 15.2 Å². The summed E-state index contributed by atoms with van der Waals surface area (Å²) >= 11 is 0. The van der Waals surface area contributed by atoms with Gasteiger partial charge in [0.2, 0.25) is 0 Å². The zero-order valence-corrected chi connectivity index (χ0v) is 13.0. The fraction of sp³-hybridized carbons (Fsp3) is 0.625. The van der Waals surface area contributed by atoms with Gasteiger partial charge < -0.3 is 15.2 Å². The number of ether oxygens (including phenoxy) is 2. The Kier molecular flexibility index (Phi) is 4.55. The first-order chi connectivity index (χ1) is 9.49. The van der Waals surface area contributed by atoms with Crippen LogP contribution in [-0.4, -0.2) is 37.2 Å². The smallest absolute Gasteiger partial charge is 0.161 e. The van der Waals surface area contributed by atoms with E-state index in [1.807, 2.05) is 6.07 Å². The number of hydrogen-bond donors (Lipinski definition) is 1. The fourth-order valence-electron chi connectivity index (χ4n) is 2.46. The van der Waals surface area contributed by atoms with Gasteiger partial charge in [0, 0.05) is 18.1 Å². The molecule has 1 aliphatic rings. The van der Waals surface area contributed by atoms with Gasteiger partial charge in [-0.3, -0.25) is 4.90 Å². The molecule has 0 fully saturated rings. The van der Waals surface area contributed by atoms with Gasteiger partial charge in [0.25, 0.3) is 0 Å². The Morgan fingerprint density at radius 2 is 1.90 bits per heavy atom. The van der Waals surface area contributed by atoms with Crippen molar-refractivity contribution in [3.63, 3.8) is 0 Å². The minimum atomic E-state index is 0.108. The van der Waals surface area contributed by atoms with Crippen molar-refractivity contribution < 1.29 is 9.47 Å². The van der Waals surface area contributed by atoms with Gasteiger partial charge in [0.15, 0.2) is 11.5 Å². The molecule has 112 valence electrons. The van der Waals surface area contributed by atoms with Crippen LogP contribution in [0.15, 0.2) is 18.2 Å². The minimum absolute atomic E-state index is 0.108. The van der Waals surface area contributed by atoms with E-state index in [-0.39, 0.29) is 11.6 Å². The van der Waals surface area contributed by atoms with Gasteiger partial charge in [-0.25, -0.2) is 0 Å². The molecule has 20 heavy (non-hydrogen) atoms. The first-order valence-electron chi connectivity index (χ1n) is 7.32. The molecule has 4 nitrogen and oxygen atoms in total. The molecule has 2 rings (SSSR count). The zero-order chi connectivity index (χ0) is 14.8. The van der Waals surface area contributed by atoms with Crippen LogP contribution in [0.5, 0.6) is 11.5 Å². The molecule has 1 unspecified atom stereocenters. The van der Waals surface area contributed by atoms with Gasteiger partial charge in [-0.1, -0.05) is 13.0 Å². The second-order valence-electron chi connectivity index (χ2n) is 5.93. The monoisotopic (exact) mass is 278 g/mol. The topological polar surface area (TPSA) is 47.7 Å². The molecular weight excluding hydrogens is 252 g/mol. The summed E-state index contributed by atoms with van der Waals surface area (Å²) in [4.78, 5) is 2.35. The lowest BCUT2D eigenvalue weighted by molar-refractivity contribution is 0.0999. The molecule has 1 heterocycles. The van der Waals surface area contributed by atoms with E-state index in [2.05, 4.69) is 44.9 Å². The van der Waals surface area contributed by atoms with E-state index < -0.39 is 0 Å². The number of fused-ring (bicyclic) bond motifs is 1. The second-order valence-corrected chi connectivity index (χ2v) is 5.93. The Morgan fingerprint density at radius 3 is 2.50 bits per heavy atom. The summed E-state index contributed by atoms with van der Waals surface area (Å²) < 4.78 is 11.2. The molecule has 1 aliphatic heterocycles. The van der Waals surface area contributed by atoms with Crippen molar-refractivity contribution in [3.05, 3.63) is 23.8 Å². The number of rotatable bonds is 5. The molecule has 0 radical (unpaired) electrons. The lowest BCUT2D eigenvalue weighted by Crippen LogP contribution is -2.45. The number of likely N-dealkylation sites (N-methyl/N-ethyl adjacent to an activating group) is 1. The molecule has 0 aliphatic carbocycles. The maximum atomic E-state index is 6.02. The Balaban J connectivity index is 2.28. The minimum Gasteiger partial charge on any atom is -0.486 e. The van der Waals surface area contributed by atoms with Crippen LogP contribution in [0.2, 0.25) is 0 Å². The predicted molar refractivity (Wildman–Crippen MR) is 81.4 cm³/mol. The van der Waals surface area contributed by atoms with E-state index in [1.54, 1.807) is 0 Å². The summed E-state index contributed by atoms with van der Waals surface area (Å²) in [6.07, 6.45) is 1.07. The van der Waals surface area contributed by atoms with Crippen molar-refractivity contribution in [2.75, 3.05) is 26.8 Å². The highest BCUT2D eigenvalue weighted by atomic mass is 16.6. The van der Waals surface area contributed by atoms with E-state index in [9.17, 15) is 0 Å². The third-order valence-electron chi connectivity index (χ3n) is 4.46. The third-order valence-corrected chi connectivity index (χ3v) is 4.46. The Labute approximate surface area is 121 Å². The van der Waals surface area contributed by atoms with Crippen LogP contribution in [0.4, 0.5) is 0 Å². The van der Waals surface area contributed by atoms with Gasteiger partial charge in [-0.05, 0) is 45.0 Å². The SMILES string of the molecule is CCC(C)(C)N(C)C(CN)c1ccc2c(c1)OCCO2. The molecule has 0 aromatic heterocycles. The summed E-state index contributed by atoms with van der Waals surface area (Å²) in [5.74, 6) is 1.66. The first kappa shape index (κ1) is 15.1. The largest absolute Gasteiger partial charge is 0.486 e. The van der Waals surface area contributed by atoms with Crippen LogP contribution >= 0.6 is 0 Å². The van der Waals surface area contributed by atoms with E-state index in [4.69, 9.17) is 15.2 Å². The van der Waals surface area contributed by atoms with Crippen molar-refractivity contribution in [1.29, 1.82) is 0 Å². The Bertz CT molecular complexity index is 460. The van der Waals surface area contributed by atoms with Crippen LogP contribution in [0.3, 0.4) is 0 Å². The molecular formula is C16H26N2O2. The van der Waals surface area contributed by atoms with E-state index >= 15 is 0 Å². The summed E-state index contributed by atoms with van der Waals surface area (Å²) in [5, 5.41) is 0. The molecule has 0 saturated heterocycles. The normalized spacial score (nSPS) is 16.3. The molecule has 1 atom stereocenters. The van der Waals surface area contributed by atoms with Crippen molar-refractivity contribution in [2.45, 2.75) is 38.8 Å². The van der Waals surface area contributed by atoms with E-state index in [0.29, 0.717) is 19.8 Å². The molecule has 1 aromatic carbocycles. The number of hydrogen-bond acceptors (Lipinski definition) is 4. The standard InChI is InChI=1S/C16H26N2O2/c1-5-16(2,3)18(4)13(11-17)12-6-7-14-15(10-12)20-9-8-19-14/h6-7,10,13H,5,8-9,11,17H2,1-4H3. The van der Waals surface area contributed by atoms with Crippen LogP contribution in [0, 0.1) is 0 Å². The van der Waals surface area contributed by atoms with E-state index in [0.717, 1.165) is 17.9 Å². The Hall–Kier alpha value is -1.26. The average molecular weight is 278 g/mol. The number of benzene rings is 1. The third kappa shape index (κ3) is 2.91. The zero-order valence-electron chi connectivity index (χ0n) is 13.0. The molecule has 4 heteroatoms. The Morgan fingerprint density at radius 1 is 1.25 bits per heavy atom. The quantitative estimate of drug-likeness (QED) is 0.899. The highest BCUT2D eigenvalue weighted by Crippen LogP contribution is 2.35. The van der Waals surface area contributed by atoms with Crippen LogP contribution in [-0.2, 0) is 0 Å². The summed E-state index contributed by atoms with van der Waals surface area (Å²) in [5.41, 5.74) is 7.31. The maximum absolute atomic E-state index is 6.02. The first-order valence-corrected chi connectivity index (χ1v) is 7.32. The second kappa shape index (κ2) is 6.02. The maximum Gasteiger partial charge on any atom is 0.161 e. The van der Waals surface area contributed by atoms with Crippen molar-refractivity contribution in [1.82, 2.24) is 4.90 Å². The van der Waals surface area contributed by atoms with E-state index in [1.165, 1.54) is 5.56 Å². The highest BCUT2D eigenvalue weighted by Gasteiger charge is 2.28. The summed E-state index contributed by atoms with van der Waals surface area (Å²) in [6, 6.07) is 6.32. The van der Waals surface area contributed by atoms with Crippen molar-refractivity contribution in [2.24, 2.45) is 5.73 Å². The summed E-state index contributed by atoms with van der Waals surface area (Å²) in [7, 11) is 2.14. The van der Waals surface area contributed by atoms with Gasteiger partial charge in [0.1, 0.15) is 13.2 Å². The van der Waals surface area contributed by atoms with Crippen molar-refractivity contribution >= 4 is 0 Å². The molecule has 0 bridgehead atoms. The predicted octanol–water partition coefficient (Wildman–Crippen LogP) is 2.58. The van der Waals surface area contributed by atoms with Crippen LogP contribution in [0.1, 0.15) is 38.8 Å². The van der Waals surface area contributed by atoms with Gasteiger partial charge in [-0.2, -0.15) is 0 Å². The highest BCUT2D eigenvalue weighted by molar-refractivity contribution is 5.44. The summed E-state index contributed by atoms with van der Waals surface area (Å²) in [6.45, 7) is 8.50. The molecule has 0 spiro atoms. The van der Waals surface area contributed by atoms with Gasteiger partial charge >= 0.3 is 0 Å². The van der Waals surface area contributed by atoms with Crippen LogP contribution in [0.25, 0.3) is 0 Å². The lowest BCUT2D eigenvalue weighted by atomic mass is 9.94. The van der Waals surface area contributed by atoms with Gasteiger partial charge in [0.05, 0.1) is 0 Å². The van der Waals surface area contributed by atoms with Gasteiger partial charge in [-0.15, -0.1) is 0 Å². The fourth-order valence-corrected chi connectivity index (χ4v) is 2.46. The molecule has 0 saturated carbocycles. The lowest BCUT2D eigenvalue weighted by Gasteiger charge is -2.40. The molecule has 0 amide bonds. The average Bonchev–Trinajstić information content (AvgIpc) is 2.47. The number of nitrogens with two attached hydrogens (primary N) is 1. The molecule has 1 aromatic rings. The molecule has 2 N–H and O–H groups in total.